The van der Waals surface area contributed by atoms with Gasteiger partial charge >= 0.3 is 0 Å². The van der Waals surface area contributed by atoms with E-state index in [4.69, 9.17) is 5.11 Å². The largest absolute Gasteiger partial charge is 0.384 e. The van der Waals surface area contributed by atoms with Crippen molar-refractivity contribution >= 4 is 17.5 Å². The van der Waals surface area contributed by atoms with Crippen LogP contribution in [-0.4, -0.2) is 23.5 Å². The van der Waals surface area contributed by atoms with Crippen molar-refractivity contribution in [2.24, 2.45) is 5.92 Å². The fraction of sp³-hybridized carbons (Fsp3) is 0.333. The molecule has 19 heavy (non-hydrogen) atoms. The number of amides is 2. The van der Waals surface area contributed by atoms with Crippen molar-refractivity contribution in [1.29, 1.82) is 0 Å². The molecule has 1 aliphatic heterocycles. The maximum absolute atomic E-state index is 12.0. The Labute approximate surface area is 112 Å². The summed E-state index contributed by atoms with van der Waals surface area (Å²) in [7, 11) is 0. The molecule has 0 bridgehead atoms. The number of anilines is 1. The van der Waals surface area contributed by atoms with Crippen LogP contribution in [0.3, 0.4) is 0 Å². The number of hydrogen-bond acceptors (Lipinski definition) is 3. The molecule has 98 valence electrons. The molecule has 1 N–H and O–H groups in total. The van der Waals surface area contributed by atoms with Crippen LogP contribution in [0.25, 0.3) is 0 Å². The molecule has 1 aliphatic rings. The quantitative estimate of drug-likeness (QED) is 0.608. The van der Waals surface area contributed by atoms with Gasteiger partial charge in [0.05, 0.1) is 5.69 Å². The molecule has 1 saturated heterocycles. The number of nitrogens with zero attached hydrogens (tertiary/aromatic N) is 1. The highest BCUT2D eigenvalue weighted by molar-refractivity contribution is 6.20. The van der Waals surface area contributed by atoms with E-state index < -0.39 is 0 Å². The summed E-state index contributed by atoms with van der Waals surface area (Å²) < 4.78 is 0. The van der Waals surface area contributed by atoms with E-state index in [1.807, 2.05) is 13.0 Å². The molecule has 0 saturated carbocycles. The molecule has 1 heterocycles. The molecule has 0 aromatic heterocycles. The highest BCUT2D eigenvalue weighted by Gasteiger charge is 2.36. The van der Waals surface area contributed by atoms with E-state index >= 15 is 0 Å². The lowest BCUT2D eigenvalue weighted by Crippen LogP contribution is -2.30. The lowest BCUT2D eigenvalue weighted by molar-refractivity contribution is -0.122. The number of benzene rings is 1. The second-order valence-electron chi connectivity index (χ2n) is 4.69. The highest BCUT2D eigenvalue weighted by atomic mass is 16.2. The van der Waals surface area contributed by atoms with Gasteiger partial charge < -0.3 is 5.11 Å². The van der Waals surface area contributed by atoms with Crippen LogP contribution in [0.2, 0.25) is 0 Å². The third-order valence-electron chi connectivity index (χ3n) is 3.00. The second kappa shape index (κ2) is 5.25. The molecule has 1 fully saturated rings. The van der Waals surface area contributed by atoms with Gasteiger partial charge in [-0.3, -0.25) is 14.5 Å². The van der Waals surface area contributed by atoms with Crippen LogP contribution in [0.1, 0.15) is 24.5 Å². The summed E-state index contributed by atoms with van der Waals surface area (Å²) in [6.07, 6.45) is 0.254. The predicted octanol–water partition coefficient (Wildman–Crippen LogP) is 1.24. The Hall–Kier alpha value is -2.12. The molecule has 4 nitrogen and oxygen atoms in total. The third kappa shape index (κ3) is 2.67. The number of aryl methyl sites for hydroxylation is 1. The van der Waals surface area contributed by atoms with Crippen LogP contribution in [0, 0.1) is 24.7 Å². The number of aliphatic hydroxyl groups is 1. The van der Waals surface area contributed by atoms with Crippen molar-refractivity contribution in [3.05, 3.63) is 29.3 Å². The first-order chi connectivity index (χ1) is 9.02. The number of rotatable bonds is 1. The minimum Gasteiger partial charge on any atom is -0.384 e. The summed E-state index contributed by atoms with van der Waals surface area (Å²) in [5.74, 6) is 4.74. The standard InChI is InChI=1S/C15H15NO3/c1-10-6-12(4-3-5-17)9-13(7-10)16-14(18)8-11(2)15(16)19/h6-7,9,11,17H,5,8H2,1-2H3. The van der Waals surface area contributed by atoms with Gasteiger partial charge in [0.25, 0.3) is 0 Å². The highest BCUT2D eigenvalue weighted by Crippen LogP contribution is 2.27. The Morgan fingerprint density at radius 3 is 2.68 bits per heavy atom. The normalized spacial score (nSPS) is 18.5. The van der Waals surface area contributed by atoms with Gasteiger partial charge in [-0.25, -0.2) is 0 Å². The van der Waals surface area contributed by atoms with Crippen LogP contribution in [-0.2, 0) is 9.59 Å². The molecule has 4 heteroatoms. The average Bonchev–Trinajstić information content (AvgIpc) is 2.60. The van der Waals surface area contributed by atoms with Crippen molar-refractivity contribution in [1.82, 2.24) is 0 Å². The Bertz CT molecular complexity index is 595. The molecular weight excluding hydrogens is 242 g/mol. The number of imide groups is 1. The Kier molecular flexibility index (Phi) is 3.68. The molecule has 0 aliphatic carbocycles. The van der Waals surface area contributed by atoms with Gasteiger partial charge in [-0.1, -0.05) is 18.8 Å². The maximum Gasteiger partial charge on any atom is 0.237 e. The Balaban J connectivity index is 2.42. The lowest BCUT2D eigenvalue weighted by Gasteiger charge is -2.15. The number of aliphatic hydroxyl groups excluding tert-OH is 1. The molecular formula is C15H15NO3. The maximum atomic E-state index is 12.0. The van der Waals surface area contributed by atoms with E-state index in [-0.39, 0.29) is 30.8 Å². The molecule has 1 aromatic carbocycles. The molecule has 0 spiro atoms. The summed E-state index contributed by atoms with van der Waals surface area (Å²) in [6, 6.07) is 5.34. The van der Waals surface area contributed by atoms with E-state index in [0.717, 1.165) is 5.56 Å². The van der Waals surface area contributed by atoms with E-state index in [1.54, 1.807) is 19.1 Å². The van der Waals surface area contributed by atoms with Gasteiger partial charge in [0.2, 0.25) is 11.8 Å². The van der Waals surface area contributed by atoms with Gasteiger partial charge in [0.1, 0.15) is 6.61 Å². The zero-order valence-electron chi connectivity index (χ0n) is 10.9. The lowest BCUT2D eigenvalue weighted by atomic mass is 10.1. The summed E-state index contributed by atoms with van der Waals surface area (Å²) in [4.78, 5) is 25.1. The van der Waals surface area contributed by atoms with Crippen molar-refractivity contribution in [3.8, 4) is 11.8 Å². The van der Waals surface area contributed by atoms with Crippen LogP contribution < -0.4 is 4.90 Å². The summed E-state index contributed by atoms with van der Waals surface area (Å²) in [6.45, 7) is 3.41. The van der Waals surface area contributed by atoms with Gasteiger partial charge in [-0.2, -0.15) is 0 Å². The molecule has 1 unspecified atom stereocenters. The molecule has 2 amide bonds. The van der Waals surface area contributed by atoms with Crippen molar-refractivity contribution in [2.75, 3.05) is 11.5 Å². The van der Waals surface area contributed by atoms with Gasteiger partial charge in [0, 0.05) is 17.9 Å². The monoisotopic (exact) mass is 257 g/mol. The summed E-state index contributed by atoms with van der Waals surface area (Å²) in [5, 5.41) is 8.70. The topological polar surface area (TPSA) is 57.6 Å². The first-order valence-corrected chi connectivity index (χ1v) is 6.11. The van der Waals surface area contributed by atoms with Crippen LogP contribution in [0.5, 0.6) is 0 Å². The zero-order valence-corrected chi connectivity index (χ0v) is 10.9. The fourth-order valence-corrected chi connectivity index (χ4v) is 2.16. The fourth-order valence-electron chi connectivity index (χ4n) is 2.16. The van der Waals surface area contributed by atoms with Crippen molar-refractivity contribution in [3.63, 3.8) is 0 Å². The second-order valence-corrected chi connectivity index (χ2v) is 4.69. The molecule has 0 radical (unpaired) electrons. The summed E-state index contributed by atoms with van der Waals surface area (Å²) in [5.41, 5.74) is 2.16. The number of hydrogen-bond donors (Lipinski definition) is 1. The van der Waals surface area contributed by atoms with Crippen LogP contribution in [0.4, 0.5) is 5.69 Å². The van der Waals surface area contributed by atoms with E-state index in [2.05, 4.69) is 11.8 Å². The molecule has 2 rings (SSSR count). The smallest absolute Gasteiger partial charge is 0.237 e. The zero-order chi connectivity index (χ0) is 14.0. The predicted molar refractivity (Wildman–Crippen MR) is 71.4 cm³/mol. The third-order valence-corrected chi connectivity index (χ3v) is 3.00. The Morgan fingerprint density at radius 1 is 1.37 bits per heavy atom. The molecule has 1 aromatic rings. The first-order valence-electron chi connectivity index (χ1n) is 6.11. The van der Waals surface area contributed by atoms with Crippen molar-refractivity contribution in [2.45, 2.75) is 20.3 Å². The van der Waals surface area contributed by atoms with E-state index in [0.29, 0.717) is 11.3 Å². The summed E-state index contributed by atoms with van der Waals surface area (Å²) >= 11 is 0. The first kappa shape index (κ1) is 13.3. The minimum atomic E-state index is -0.264. The van der Waals surface area contributed by atoms with Gasteiger partial charge in [-0.05, 0) is 30.7 Å². The van der Waals surface area contributed by atoms with Crippen LogP contribution >= 0.6 is 0 Å². The van der Waals surface area contributed by atoms with Crippen LogP contribution in [0.15, 0.2) is 18.2 Å². The molecule has 1 atom stereocenters. The van der Waals surface area contributed by atoms with Gasteiger partial charge in [-0.15, -0.1) is 0 Å². The average molecular weight is 257 g/mol. The Morgan fingerprint density at radius 2 is 2.11 bits per heavy atom. The van der Waals surface area contributed by atoms with Gasteiger partial charge in [0.15, 0.2) is 0 Å². The van der Waals surface area contributed by atoms with E-state index in [1.165, 1.54) is 4.90 Å². The SMILES string of the molecule is Cc1cc(C#CCO)cc(N2C(=O)CC(C)C2=O)c1. The minimum absolute atomic E-state index is 0.170. The van der Waals surface area contributed by atoms with E-state index in [9.17, 15) is 9.59 Å². The number of carbonyl (C=O) groups is 2. The van der Waals surface area contributed by atoms with Crippen molar-refractivity contribution < 1.29 is 14.7 Å². The number of carbonyl (C=O) groups excluding carboxylic acids is 2.